The van der Waals surface area contributed by atoms with Crippen LogP contribution in [0.4, 0.5) is 5.82 Å². The number of anilines is 1. The highest BCUT2D eigenvalue weighted by Gasteiger charge is 2.41. The second kappa shape index (κ2) is 4.30. The van der Waals surface area contributed by atoms with Crippen molar-refractivity contribution in [3.8, 4) is 0 Å². The van der Waals surface area contributed by atoms with E-state index >= 15 is 0 Å². The van der Waals surface area contributed by atoms with Crippen molar-refractivity contribution in [2.75, 3.05) is 17.7 Å². The molecule has 0 amide bonds. The van der Waals surface area contributed by atoms with Crippen molar-refractivity contribution < 1.29 is 0 Å². The molecule has 1 aliphatic carbocycles. The second-order valence-electron chi connectivity index (χ2n) is 4.33. The molecule has 2 nitrogen and oxygen atoms in total. The fraction of sp³-hybridized carbons (Fsp3) is 0.545. The number of alkyl halides is 1. The fourth-order valence-corrected chi connectivity index (χ4v) is 2.43. The number of hydrogen-bond acceptors (Lipinski definition) is 2. The van der Waals surface area contributed by atoms with Gasteiger partial charge in [-0.3, -0.25) is 0 Å². The second-order valence-corrected chi connectivity index (χ2v) is 5.45. The lowest BCUT2D eigenvalue weighted by Crippen LogP contribution is -2.17. The van der Waals surface area contributed by atoms with Gasteiger partial charge in [-0.15, -0.1) is 11.6 Å². The first kappa shape index (κ1) is 11.2. The van der Waals surface area contributed by atoms with E-state index in [1.165, 1.54) is 12.8 Å². The molecule has 0 aromatic carbocycles. The molecule has 1 saturated carbocycles. The third-order valence-corrected chi connectivity index (χ3v) is 4.02. The first-order valence-electron chi connectivity index (χ1n) is 5.07. The number of nitrogens with one attached hydrogen (secondary N) is 1. The molecule has 1 heterocycles. The van der Waals surface area contributed by atoms with Crippen molar-refractivity contribution in [2.45, 2.75) is 19.8 Å². The van der Waals surface area contributed by atoms with Gasteiger partial charge in [-0.1, -0.05) is 0 Å². The summed E-state index contributed by atoms with van der Waals surface area (Å²) in [5, 5.41) is 3.35. The van der Waals surface area contributed by atoms with E-state index in [1.807, 2.05) is 13.1 Å². The van der Waals surface area contributed by atoms with E-state index < -0.39 is 0 Å². The average Bonchev–Trinajstić information content (AvgIpc) is 2.97. The van der Waals surface area contributed by atoms with Crippen molar-refractivity contribution in [2.24, 2.45) is 5.41 Å². The van der Waals surface area contributed by atoms with Gasteiger partial charge in [-0.05, 0) is 47.3 Å². The summed E-state index contributed by atoms with van der Waals surface area (Å²) in [6.07, 6.45) is 4.33. The van der Waals surface area contributed by atoms with Crippen LogP contribution in [0.5, 0.6) is 0 Å². The van der Waals surface area contributed by atoms with Crippen LogP contribution in [0.2, 0.25) is 0 Å². The summed E-state index contributed by atoms with van der Waals surface area (Å²) < 4.78 is 1.02. The van der Waals surface area contributed by atoms with Crippen LogP contribution in [0, 0.1) is 12.3 Å². The molecule has 1 fully saturated rings. The molecular formula is C11H14BrClN2. The van der Waals surface area contributed by atoms with Crippen LogP contribution in [0.1, 0.15) is 18.4 Å². The first-order chi connectivity index (χ1) is 7.15. The van der Waals surface area contributed by atoms with Crippen LogP contribution in [-0.4, -0.2) is 17.4 Å². The topological polar surface area (TPSA) is 24.9 Å². The number of aryl methyl sites for hydroxylation is 1. The molecule has 0 atom stereocenters. The Kier molecular flexibility index (Phi) is 3.21. The SMILES string of the molecule is Cc1cnc(NCC2(CCl)CC2)c(Br)c1. The normalized spacial score (nSPS) is 17.5. The Labute approximate surface area is 104 Å². The molecule has 1 aromatic heterocycles. The maximum Gasteiger partial charge on any atom is 0.140 e. The van der Waals surface area contributed by atoms with Gasteiger partial charge >= 0.3 is 0 Å². The van der Waals surface area contributed by atoms with Gasteiger partial charge in [0.05, 0.1) is 4.47 Å². The quantitative estimate of drug-likeness (QED) is 0.857. The lowest BCUT2D eigenvalue weighted by Gasteiger charge is -2.13. The number of aromatic nitrogens is 1. The standard InChI is InChI=1S/C11H14BrClN2/c1-8-4-9(12)10(14-5-8)15-7-11(6-13)2-3-11/h4-5H,2-3,6-7H2,1H3,(H,14,15). The van der Waals surface area contributed by atoms with Crippen LogP contribution < -0.4 is 5.32 Å². The molecule has 0 spiro atoms. The van der Waals surface area contributed by atoms with Crippen molar-refractivity contribution in [3.05, 3.63) is 22.3 Å². The molecule has 4 heteroatoms. The maximum absolute atomic E-state index is 5.91. The molecule has 0 bridgehead atoms. The van der Waals surface area contributed by atoms with E-state index in [0.29, 0.717) is 5.41 Å². The van der Waals surface area contributed by atoms with Crippen molar-refractivity contribution in [1.82, 2.24) is 4.98 Å². The Morgan fingerprint density at radius 1 is 1.60 bits per heavy atom. The summed E-state index contributed by atoms with van der Waals surface area (Å²) >= 11 is 9.41. The van der Waals surface area contributed by atoms with Crippen molar-refractivity contribution in [1.29, 1.82) is 0 Å². The van der Waals surface area contributed by atoms with Crippen LogP contribution in [-0.2, 0) is 0 Å². The summed E-state index contributed by atoms with van der Waals surface area (Å²) in [5.41, 5.74) is 1.49. The highest BCUT2D eigenvalue weighted by atomic mass is 79.9. The van der Waals surface area contributed by atoms with Gasteiger partial charge in [0.1, 0.15) is 5.82 Å². The number of pyridine rings is 1. The Bertz CT molecular complexity index is 364. The smallest absolute Gasteiger partial charge is 0.140 e. The zero-order valence-electron chi connectivity index (χ0n) is 8.69. The Morgan fingerprint density at radius 2 is 2.33 bits per heavy atom. The molecule has 0 unspecified atom stereocenters. The predicted octanol–water partition coefficient (Wildman–Crippen LogP) is 3.58. The summed E-state index contributed by atoms with van der Waals surface area (Å²) in [5.74, 6) is 1.65. The minimum Gasteiger partial charge on any atom is -0.369 e. The highest BCUT2D eigenvalue weighted by Crippen LogP contribution is 2.46. The van der Waals surface area contributed by atoms with Crippen LogP contribution in [0.25, 0.3) is 0 Å². The zero-order chi connectivity index (χ0) is 10.9. The zero-order valence-corrected chi connectivity index (χ0v) is 11.0. The Hall–Kier alpha value is -0.280. The largest absolute Gasteiger partial charge is 0.369 e. The molecule has 0 saturated heterocycles. The molecular weight excluding hydrogens is 275 g/mol. The number of hydrogen-bond donors (Lipinski definition) is 1. The van der Waals surface area contributed by atoms with E-state index in [9.17, 15) is 0 Å². The number of rotatable bonds is 4. The van der Waals surface area contributed by atoms with Crippen molar-refractivity contribution in [3.63, 3.8) is 0 Å². The molecule has 0 radical (unpaired) electrons. The average molecular weight is 290 g/mol. The lowest BCUT2D eigenvalue weighted by atomic mass is 10.1. The van der Waals surface area contributed by atoms with E-state index in [1.54, 1.807) is 0 Å². The van der Waals surface area contributed by atoms with Gasteiger partial charge in [-0.2, -0.15) is 0 Å². The van der Waals surface area contributed by atoms with Crippen LogP contribution >= 0.6 is 27.5 Å². The van der Waals surface area contributed by atoms with Gasteiger partial charge in [0.2, 0.25) is 0 Å². The molecule has 1 aromatic rings. The maximum atomic E-state index is 5.91. The van der Waals surface area contributed by atoms with Crippen LogP contribution in [0.15, 0.2) is 16.7 Å². The molecule has 0 aliphatic heterocycles. The molecule has 1 aliphatic rings. The van der Waals surface area contributed by atoms with Crippen LogP contribution in [0.3, 0.4) is 0 Å². The molecule has 1 N–H and O–H groups in total. The minimum absolute atomic E-state index is 0.327. The Morgan fingerprint density at radius 3 is 2.87 bits per heavy atom. The predicted molar refractivity (Wildman–Crippen MR) is 67.6 cm³/mol. The van der Waals surface area contributed by atoms with E-state index in [4.69, 9.17) is 11.6 Å². The summed E-state index contributed by atoms with van der Waals surface area (Å²) in [7, 11) is 0. The van der Waals surface area contributed by atoms with Gasteiger partial charge in [-0.25, -0.2) is 4.98 Å². The molecule has 15 heavy (non-hydrogen) atoms. The summed E-state index contributed by atoms with van der Waals surface area (Å²) in [4.78, 5) is 4.34. The van der Waals surface area contributed by atoms with Gasteiger partial charge < -0.3 is 5.32 Å². The monoisotopic (exact) mass is 288 g/mol. The van der Waals surface area contributed by atoms with Gasteiger partial charge in [0.25, 0.3) is 0 Å². The molecule has 2 rings (SSSR count). The molecule has 82 valence electrons. The van der Waals surface area contributed by atoms with Gasteiger partial charge in [0, 0.05) is 24.0 Å². The summed E-state index contributed by atoms with van der Waals surface area (Å²) in [6, 6.07) is 2.07. The lowest BCUT2D eigenvalue weighted by molar-refractivity contribution is 0.617. The van der Waals surface area contributed by atoms with E-state index in [-0.39, 0.29) is 0 Å². The summed E-state index contributed by atoms with van der Waals surface area (Å²) in [6.45, 7) is 2.95. The van der Waals surface area contributed by atoms with Crippen molar-refractivity contribution >= 4 is 33.3 Å². The number of halogens is 2. The first-order valence-corrected chi connectivity index (χ1v) is 6.40. The Balaban J connectivity index is 1.99. The highest BCUT2D eigenvalue weighted by molar-refractivity contribution is 9.10. The van der Waals surface area contributed by atoms with E-state index in [2.05, 4.69) is 32.3 Å². The fourth-order valence-electron chi connectivity index (χ4n) is 1.47. The van der Waals surface area contributed by atoms with E-state index in [0.717, 1.165) is 28.3 Å². The third kappa shape index (κ3) is 2.64. The number of nitrogens with zero attached hydrogens (tertiary/aromatic N) is 1. The third-order valence-electron chi connectivity index (χ3n) is 2.85. The van der Waals surface area contributed by atoms with Gasteiger partial charge in [0.15, 0.2) is 0 Å². The minimum atomic E-state index is 0.327.